The average Bonchev–Trinajstić information content (AvgIpc) is 3.40. The van der Waals surface area contributed by atoms with Gasteiger partial charge in [0.15, 0.2) is 0 Å². The van der Waals surface area contributed by atoms with Gasteiger partial charge in [-0.1, -0.05) is 47.6 Å². The Bertz CT molecular complexity index is 1170. The van der Waals surface area contributed by atoms with Crippen molar-refractivity contribution in [1.29, 1.82) is 0 Å². The van der Waals surface area contributed by atoms with Gasteiger partial charge in [0.2, 0.25) is 5.82 Å². The molecule has 6 heteroatoms. The summed E-state index contributed by atoms with van der Waals surface area (Å²) >= 11 is 1.65. The molecule has 0 amide bonds. The number of hydrogen-bond donors (Lipinski definition) is 1. The molecule has 0 aliphatic carbocycles. The summed E-state index contributed by atoms with van der Waals surface area (Å²) in [6.45, 7) is 2.01. The molecule has 5 rings (SSSR count). The minimum Gasteiger partial charge on any atom is -0.351 e. The fraction of sp³-hybridized carbons (Fsp3) is 0.0500. The van der Waals surface area contributed by atoms with Crippen molar-refractivity contribution >= 4 is 22.2 Å². The highest BCUT2D eigenvalue weighted by molar-refractivity contribution is 7.09. The molecule has 0 fully saturated rings. The molecule has 0 aliphatic rings. The van der Waals surface area contributed by atoms with E-state index in [4.69, 9.17) is 4.52 Å². The average molecular weight is 358 g/mol. The fourth-order valence-corrected chi connectivity index (χ4v) is 3.55. The number of aromatic amines is 1. The first-order valence-corrected chi connectivity index (χ1v) is 9.09. The van der Waals surface area contributed by atoms with Crippen molar-refractivity contribution in [3.8, 4) is 34.2 Å². The highest BCUT2D eigenvalue weighted by atomic mass is 32.1. The molecule has 0 saturated heterocycles. The van der Waals surface area contributed by atoms with Crippen LogP contribution in [0.5, 0.6) is 0 Å². The van der Waals surface area contributed by atoms with Crippen LogP contribution in [0.25, 0.3) is 45.1 Å². The van der Waals surface area contributed by atoms with E-state index in [-0.39, 0.29) is 0 Å². The van der Waals surface area contributed by atoms with E-state index in [1.807, 2.05) is 61.5 Å². The highest BCUT2D eigenvalue weighted by Crippen LogP contribution is 2.27. The third-order valence-electron chi connectivity index (χ3n) is 4.24. The van der Waals surface area contributed by atoms with Crippen LogP contribution in [-0.2, 0) is 0 Å². The molecule has 0 atom stereocenters. The van der Waals surface area contributed by atoms with Crippen LogP contribution in [0.1, 0.15) is 5.01 Å². The summed E-state index contributed by atoms with van der Waals surface area (Å²) < 4.78 is 5.45. The van der Waals surface area contributed by atoms with Gasteiger partial charge in [-0.25, -0.2) is 4.98 Å². The standard InChI is InChI=1S/C20H14N4OS/c1-12-21-18(11-26-12)13-6-8-14(9-7-13)19-23-20(25-24-19)17-10-15-4-2-3-5-16(15)22-17/h2-11,22H,1H3. The van der Waals surface area contributed by atoms with Crippen LogP contribution in [-0.4, -0.2) is 20.1 Å². The van der Waals surface area contributed by atoms with Gasteiger partial charge in [-0.3, -0.25) is 0 Å². The molecule has 0 bridgehead atoms. The number of nitrogens with zero attached hydrogens (tertiary/aromatic N) is 3. The third-order valence-corrected chi connectivity index (χ3v) is 5.02. The molecule has 1 N–H and O–H groups in total. The van der Waals surface area contributed by atoms with Crippen LogP contribution in [0, 0.1) is 6.92 Å². The largest absolute Gasteiger partial charge is 0.351 e. The van der Waals surface area contributed by atoms with Crippen LogP contribution in [0.3, 0.4) is 0 Å². The van der Waals surface area contributed by atoms with Gasteiger partial charge in [0.1, 0.15) is 5.69 Å². The van der Waals surface area contributed by atoms with Crippen molar-refractivity contribution in [1.82, 2.24) is 20.1 Å². The smallest absolute Gasteiger partial charge is 0.274 e. The Morgan fingerprint density at radius 2 is 1.77 bits per heavy atom. The number of para-hydroxylation sites is 1. The third kappa shape index (κ3) is 2.60. The van der Waals surface area contributed by atoms with E-state index in [0.717, 1.165) is 38.4 Å². The molecule has 0 saturated carbocycles. The van der Waals surface area contributed by atoms with Gasteiger partial charge in [0.05, 0.1) is 10.7 Å². The van der Waals surface area contributed by atoms with E-state index in [1.165, 1.54) is 0 Å². The topological polar surface area (TPSA) is 67.6 Å². The van der Waals surface area contributed by atoms with E-state index < -0.39 is 0 Å². The van der Waals surface area contributed by atoms with Crippen LogP contribution < -0.4 is 0 Å². The zero-order valence-corrected chi connectivity index (χ0v) is 14.7. The number of rotatable bonds is 3. The number of benzene rings is 2. The molecular weight excluding hydrogens is 344 g/mol. The highest BCUT2D eigenvalue weighted by Gasteiger charge is 2.13. The molecule has 0 radical (unpaired) electrons. The summed E-state index contributed by atoms with van der Waals surface area (Å²) in [5.41, 5.74) is 4.85. The van der Waals surface area contributed by atoms with Crippen LogP contribution in [0.15, 0.2) is 64.5 Å². The lowest BCUT2D eigenvalue weighted by atomic mass is 10.1. The Hall–Kier alpha value is -3.25. The number of fused-ring (bicyclic) bond motifs is 1. The van der Waals surface area contributed by atoms with Crippen molar-refractivity contribution in [3.63, 3.8) is 0 Å². The van der Waals surface area contributed by atoms with Crippen molar-refractivity contribution in [2.75, 3.05) is 0 Å². The van der Waals surface area contributed by atoms with Gasteiger partial charge >= 0.3 is 0 Å². The first kappa shape index (κ1) is 15.0. The van der Waals surface area contributed by atoms with Crippen molar-refractivity contribution in [2.45, 2.75) is 6.92 Å². The first-order valence-electron chi connectivity index (χ1n) is 8.21. The maximum atomic E-state index is 5.45. The van der Waals surface area contributed by atoms with Gasteiger partial charge in [0, 0.05) is 27.4 Å². The number of hydrogen-bond acceptors (Lipinski definition) is 5. The summed E-state index contributed by atoms with van der Waals surface area (Å²) in [7, 11) is 0. The Morgan fingerprint density at radius 3 is 2.54 bits per heavy atom. The second kappa shape index (κ2) is 5.93. The second-order valence-electron chi connectivity index (χ2n) is 6.02. The molecule has 2 aromatic carbocycles. The molecule has 5 nitrogen and oxygen atoms in total. The zero-order chi connectivity index (χ0) is 17.5. The second-order valence-corrected chi connectivity index (χ2v) is 7.08. The molecule has 0 aliphatic heterocycles. The van der Waals surface area contributed by atoms with Gasteiger partial charge in [-0.2, -0.15) is 4.98 Å². The summed E-state index contributed by atoms with van der Waals surface area (Å²) in [6, 6.07) is 18.1. The van der Waals surface area contributed by atoms with Gasteiger partial charge in [0.25, 0.3) is 5.89 Å². The van der Waals surface area contributed by atoms with Crippen molar-refractivity contribution in [2.24, 2.45) is 0 Å². The fourth-order valence-electron chi connectivity index (χ4n) is 2.92. The van der Waals surface area contributed by atoms with Crippen molar-refractivity contribution in [3.05, 3.63) is 65.0 Å². The van der Waals surface area contributed by atoms with Gasteiger partial charge in [-0.05, 0) is 19.1 Å². The predicted octanol–water partition coefficient (Wildman–Crippen LogP) is 5.32. The number of aryl methyl sites for hydroxylation is 1. The van der Waals surface area contributed by atoms with E-state index in [2.05, 4.69) is 25.5 Å². The summed E-state index contributed by atoms with van der Waals surface area (Å²) in [4.78, 5) is 12.3. The molecule has 3 aromatic heterocycles. The van der Waals surface area contributed by atoms with E-state index >= 15 is 0 Å². The monoisotopic (exact) mass is 358 g/mol. The molecule has 0 spiro atoms. The van der Waals surface area contributed by atoms with Gasteiger partial charge in [-0.15, -0.1) is 11.3 Å². The first-order chi connectivity index (χ1) is 12.8. The van der Waals surface area contributed by atoms with Crippen LogP contribution in [0.2, 0.25) is 0 Å². The lowest BCUT2D eigenvalue weighted by Crippen LogP contribution is -1.83. The van der Waals surface area contributed by atoms with E-state index in [0.29, 0.717) is 11.7 Å². The summed E-state index contributed by atoms with van der Waals surface area (Å²) in [5, 5.41) is 8.36. The number of nitrogens with one attached hydrogen (secondary N) is 1. The van der Waals surface area contributed by atoms with Crippen molar-refractivity contribution < 1.29 is 4.52 Å². The SMILES string of the molecule is Cc1nc(-c2ccc(-c3noc(-c4cc5ccccc5[nH]4)n3)cc2)cs1. The van der Waals surface area contributed by atoms with Crippen LogP contribution in [0.4, 0.5) is 0 Å². The van der Waals surface area contributed by atoms with Gasteiger partial charge < -0.3 is 9.51 Å². The molecule has 3 heterocycles. The lowest BCUT2D eigenvalue weighted by molar-refractivity contribution is 0.431. The quantitative estimate of drug-likeness (QED) is 0.474. The molecule has 26 heavy (non-hydrogen) atoms. The molecular formula is C20H14N4OS. The summed E-state index contributed by atoms with van der Waals surface area (Å²) in [5.74, 6) is 1.05. The molecule has 0 unspecified atom stereocenters. The lowest BCUT2D eigenvalue weighted by Gasteiger charge is -1.98. The summed E-state index contributed by atoms with van der Waals surface area (Å²) in [6.07, 6.45) is 0. The minimum atomic E-state index is 0.482. The maximum absolute atomic E-state index is 5.45. The minimum absolute atomic E-state index is 0.482. The number of H-pyrrole nitrogens is 1. The Labute approximate surface area is 153 Å². The number of aromatic nitrogens is 4. The molecule has 5 aromatic rings. The Balaban J connectivity index is 1.46. The predicted molar refractivity (Wildman–Crippen MR) is 103 cm³/mol. The van der Waals surface area contributed by atoms with Crippen LogP contribution >= 0.6 is 11.3 Å². The Kier molecular flexibility index (Phi) is 3.43. The molecule has 126 valence electrons. The Morgan fingerprint density at radius 1 is 0.962 bits per heavy atom. The van der Waals surface area contributed by atoms with E-state index in [1.54, 1.807) is 11.3 Å². The maximum Gasteiger partial charge on any atom is 0.274 e. The normalized spacial score (nSPS) is 11.3. The van der Waals surface area contributed by atoms with E-state index in [9.17, 15) is 0 Å². The number of thiazole rings is 1. The zero-order valence-electron chi connectivity index (χ0n) is 13.9.